The Labute approximate surface area is 139 Å². The van der Waals surface area contributed by atoms with E-state index >= 15 is 0 Å². The maximum absolute atomic E-state index is 12.6. The van der Waals surface area contributed by atoms with Gasteiger partial charge in [0, 0.05) is 36.4 Å². The molecule has 0 spiro atoms. The smallest absolute Gasteiger partial charge is 0.324 e. The number of halogens is 1. The molecular weight excluding hydrogens is 316 g/mol. The third-order valence-corrected chi connectivity index (χ3v) is 4.26. The zero-order chi connectivity index (χ0) is 15.8. The third kappa shape index (κ3) is 2.68. The zero-order valence-electron chi connectivity index (χ0n) is 12.4. The first-order valence-corrected chi connectivity index (χ1v) is 7.79. The van der Waals surface area contributed by atoms with Crippen LogP contribution in [0.1, 0.15) is 5.56 Å². The van der Waals surface area contributed by atoms with Gasteiger partial charge in [-0.1, -0.05) is 23.7 Å². The predicted molar refractivity (Wildman–Crippen MR) is 87.2 cm³/mol. The van der Waals surface area contributed by atoms with E-state index in [4.69, 9.17) is 21.1 Å². The Hall–Kier alpha value is -2.40. The van der Waals surface area contributed by atoms with Crippen molar-refractivity contribution in [2.45, 2.75) is 6.54 Å². The second-order valence-corrected chi connectivity index (χ2v) is 5.96. The van der Waals surface area contributed by atoms with Gasteiger partial charge in [-0.05, 0) is 29.8 Å². The monoisotopic (exact) mass is 330 g/mol. The van der Waals surface area contributed by atoms with Crippen LogP contribution in [0.15, 0.2) is 42.5 Å². The second-order valence-electron chi connectivity index (χ2n) is 5.52. The molecule has 1 saturated heterocycles. The molecule has 1 fully saturated rings. The van der Waals surface area contributed by atoms with E-state index in [1.54, 1.807) is 4.90 Å². The number of urea groups is 1. The fourth-order valence-corrected chi connectivity index (χ4v) is 3.09. The number of benzene rings is 2. The van der Waals surface area contributed by atoms with Crippen LogP contribution in [-0.4, -0.2) is 30.8 Å². The Morgan fingerprint density at radius 1 is 1.04 bits per heavy atom. The van der Waals surface area contributed by atoms with Crippen LogP contribution in [0.2, 0.25) is 5.02 Å². The van der Waals surface area contributed by atoms with E-state index in [-0.39, 0.29) is 12.8 Å². The Morgan fingerprint density at radius 2 is 1.91 bits per heavy atom. The Balaban J connectivity index is 1.51. The van der Waals surface area contributed by atoms with Crippen molar-refractivity contribution in [2.75, 3.05) is 24.8 Å². The molecule has 2 aromatic carbocycles. The number of rotatable bonds is 3. The number of hydrogen-bond acceptors (Lipinski definition) is 3. The molecule has 0 aliphatic carbocycles. The van der Waals surface area contributed by atoms with Crippen LogP contribution < -0.4 is 14.4 Å². The van der Waals surface area contributed by atoms with E-state index in [1.165, 1.54) is 0 Å². The molecule has 0 radical (unpaired) electrons. The minimum atomic E-state index is -0.0103. The van der Waals surface area contributed by atoms with Gasteiger partial charge in [0.1, 0.15) is 0 Å². The van der Waals surface area contributed by atoms with Crippen molar-refractivity contribution in [2.24, 2.45) is 0 Å². The molecule has 4 rings (SSSR count). The molecule has 2 amide bonds. The number of hydrogen-bond donors (Lipinski definition) is 0. The molecule has 0 bridgehead atoms. The number of carbonyl (C=O) groups is 1. The van der Waals surface area contributed by atoms with Crippen molar-refractivity contribution in [1.82, 2.24) is 4.90 Å². The van der Waals surface area contributed by atoms with Crippen LogP contribution in [0.3, 0.4) is 0 Å². The highest BCUT2D eigenvalue weighted by Crippen LogP contribution is 2.36. The van der Waals surface area contributed by atoms with Crippen LogP contribution in [0.25, 0.3) is 0 Å². The van der Waals surface area contributed by atoms with Gasteiger partial charge in [0.15, 0.2) is 11.5 Å². The minimum Gasteiger partial charge on any atom is -0.454 e. The summed E-state index contributed by atoms with van der Waals surface area (Å²) in [6.45, 7) is 2.12. The first-order valence-electron chi connectivity index (χ1n) is 7.41. The number of ether oxygens (including phenoxy) is 2. The molecule has 0 unspecified atom stereocenters. The summed E-state index contributed by atoms with van der Waals surface area (Å²) in [6.07, 6.45) is 0. The fraction of sp³-hybridized carbons (Fsp3) is 0.235. The zero-order valence-corrected chi connectivity index (χ0v) is 13.1. The predicted octanol–water partition coefficient (Wildman–Crippen LogP) is 3.51. The van der Waals surface area contributed by atoms with Crippen molar-refractivity contribution < 1.29 is 14.3 Å². The summed E-state index contributed by atoms with van der Waals surface area (Å²) in [7, 11) is 0. The first-order chi connectivity index (χ1) is 11.2. The second kappa shape index (κ2) is 5.66. The van der Waals surface area contributed by atoms with E-state index in [1.807, 2.05) is 47.4 Å². The van der Waals surface area contributed by atoms with Crippen molar-refractivity contribution in [1.29, 1.82) is 0 Å². The molecule has 5 nitrogen and oxygen atoms in total. The normalized spacial score (nSPS) is 16.3. The van der Waals surface area contributed by atoms with Gasteiger partial charge in [-0.15, -0.1) is 0 Å². The molecule has 118 valence electrons. The standard InChI is InChI=1S/C17H15ClN2O3/c18-13-3-1-2-12(8-13)10-19-6-7-20(17(19)21)14-4-5-15-16(9-14)23-11-22-15/h1-5,8-9H,6-7,10-11H2. The summed E-state index contributed by atoms with van der Waals surface area (Å²) in [5, 5.41) is 0.682. The molecule has 0 aromatic heterocycles. The summed E-state index contributed by atoms with van der Waals surface area (Å²) < 4.78 is 10.7. The highest BCUT2D eigenvalue weighted by atomic mass is 35.5. The largest absolute Gasteiger partial charge is 0.454 e. The fourth-order valence-electron chi connectivity index (χ4n) is 2.88. The molecule has 2 aromatic rings. The SMILES string of the molecule is O=C1N(Cc2cccc(Cl)c2)CCN1c1ccc2c(c1)OCO2. The average molecular weight is 331 g/mol. The Morgan fingerprint density at radius 3 is 2.78 bits per heavy atom. The van der Waals surface area contributed by atoms with Crippen LogP contribution in [0.4, 0.5) is 10.5 Å². The van der Waals surface area contributed by atoms with Gasteiger partial charge in [0.2, 0.25) is 6.79 Å². The van der Waals surface area contributed by atoms with E-state index < -0.39 is 0 Å². The number of amides is 2. The van der Waals surface area contributed by atoms with Gasteiger partial charge in [-0.3, -0.25) is 4.90 Å². The average Bonchev–Trinajstić information content (AvgIpc) is 3.14. The van der Waals surface area contributed by atoms with Gasteiger partial charge in [0.05, 0.1) is 0 Å². The van der Waals surface area contributed by atoms with Crippen molar-refractivity contribution in [3.8, 4) is 11.5 Å². The molecule has 2 aliphatic heterocycles. The van der Waals surface area contributed by atoms with E-state index in [2.05, 4.69) is 0 Å². The Kier molecular flexibility index (Phi) is 3.50. The number of carbonyl (C=O) groups excluding carboxylic acids is 1. The Bertz CT molecular complexity index is 765. The topological polar surface area (TPSA) is 42.0 Å². The molecule has 2 heterocycles. The minimum absolute atomic E-state index is 0.0103. The van der Waals surface area contributed by atoms with Gasteiger partial charge in [-0.25, -0.2) is 4.79 Å². The van der Waals surface area contributed by atoms with Gasteiger partial charge >= 0.3 is 6.03 Å². The van der Waals surface area contributed by atoms with Crippen molar-refractivity contribution in [3.05, 3.63) is 53.1 Å². The van der Waals surface area contributed by atoms with Gasteiger partial charge in [-0.2, -0.15) is 0 Å². The summed E-state index contributed by atoms with van der Waals surface area (Å²) in [6, 6.07) is 13.1. The summed E-state index contributed by atoms with van der Waals surface area (Å²) in [5.41, 5.74) is 1.85. The summed E-state index contributed by atoms with van der Waals surface area (Å²) in [4.78, 5) is 16.2. The summed E-state index contributed by atoms with van der Waals surface area (Å²) >= 11 is 6.01. The maximum atomic E-state index is 12.6. The molecule has 0 saturated carbocycles. The lowest BCUT2D eigenvalue weighted by Crippen LogP contribution is -2.31. The third-order valence-electron chi connectivity index (χ3n) is 4.03. The van der Waals surface area contributed by atoms with Gasteiger partial charge < -0.3 is 14.4 Å². The first kappa shape index (κ1) is 14.2. The number of anilines is 1. The molecule has 0 atom stereocenters. The molecule has 23 heavy (non-hydrogen) atoms. The van der Waals surface area contributed by atoms with Crippen LogP contribution in [0, 0.1) is 0 Å². The van der Waals surface area contributed by atoms with Crippen molar-refractivity contribution in [3.63, 3.8) is 0 Å². The molecular formula is C17H15ClN2O3. The van der Waals surface area contributed by atoms with Crippen molar-refractivity contribution >= 4 is 23.3 Å². The summed E-state index contributed by atoms with van der Waals surface area (Å²) in [5.74, 6) is 1.40. The molecule has 2 aliphatic rings. The van der Waals surface area contributed by atoms with Gasteiger partial charge in [0.25, 0.3) is 0 Å². The highest BCUT2D eigenvalue weighted by molar-refractivity contribution is 6.30. The van der Waals surface area contributed by atoms with E-state index in [9.17, 15) is 4.79 Å². The number of fused-ring (bicyclic) bond motifs is 1. The molecule has 0 N–H and O–H groups in total. The van der Waals surface area contributed by atoms with E-state index in [0.717, 1.165) is 17.0 Å². The maximum Gasteiger partial charge on any atom is 0.324 e. The molecule has 6 heteroatoms. The lowest BCUT2D eigenvalue weighted by Gasteiger charge is -2.19. The quantitative estimate of drug-likeness (QED) is 0.865. The van der Waals surface area contributed by atoms with Crippen LogP contribution in [-0.2, 0) is 6.54 Å². The van der Waals surface area contributed by atoms with E-state index in [0.29, 0.717) is 30.4 Å². The highest BCUT2D eigenvalue weighted by Gasteiger charge is 2.30. The number of nitrogens with zero attached hydrogens (tertiary/aromatic N) is 2. The van der Waals surface area contributed by atoms with Crippen LogP contribution in [0.5, 0.6) is 11.5 Å². The lowest BCUT2D eigenvalue weighted by atomic mass is 10.2. The lowest BCUT2D eigenvalue weighted by molar-refractivity contribution is 0.174. The van der Waals surface area contributed by atoms with Crippen LogP contribution >= 0.6 is 11.6 Å².